The highest BCUT2D eigenvalue weighted by Gasteiger charge is 2.02. The van der Waals surface area contributed by atoms with Gasteiger partial charge < -0.3 is 135 Å². The molecular formula is C56H111IN2O29. The van der Waals surface area contributed by atoms with Crippen LogP contribution in [0.4, 0.5) is 0 Å². The molecular weight excluding hydrogens is 1290 g/mol. The summed E-state index contributed by atoms with van der Waals surface area (Å²) in [7, 11) is 0. The lowest BCUT2D eigenvalue weighted by Gasteiger charge is -2.09. The molecule has 0 saturated carbocycles. The van der Waals surface area contributed by atoms with Gasteiger partial charge in [-0.2, -0.15) is 0 Å². The third kappa shape index (κ3) is 88.3. The second kappa shape index (κ2) is 83.2. The predicted octanol–water partition coefficient (Wildman–Crippen LogP) is -0.170. The van der Waals surface area contributed by atoms with E-state index in [1.807, 2.05) is 22.6 Å². The number of rotatable bonds is 78. The van der Waals surface area contributed by atoms with E-state index in [0.29, 0.717) is 321 Å². The summed E-state index contributed by atoms with van der Waals surface area (Å²) in [4.78, 5) is 31.7. The van der Waals surface area contributed by atoms with Crippen molar-refractivity contribution in [1.29, 1.82) is 0 Å². The van der Waals surface area contributed by atoms with E-state index in [-0.39, 0.29) is 32.0 Å². The molecule has 0 saturated heterocycles. The molecule has 0 aliphatic carbocycles. The fraction of sp³-hybridized carbons (Fsp3) is 0.946. The van der Waals surface area contributed by atoms with E-state index in [1.54, 1.807) is 0 Å². The summed E-state index contributed by atoms with van der Waals surface area (Å²) in [6, 6.07) is 0. The van der Waals surface area contributed by atoms with Crippen molar-refractivity contribution in [2.24, 2.45) is 5.73 Å². The summed E-state index contributed by atoms with van der Waals surface area (Å²) in [5, 5.41) is 19.7. The van der Waals surface area contributed by atoms with Gasteiger partial charge in [0.25, 0.3) is 0 Å². The number of aliphatic carboxylic acids is 2. The summed E-state index contributed by atoms with van der Waals surface area (Å²) in [6.07, 6.45) is -0.00713. The van der Waals surface area contributed by atoms with Crippen LogP contribution in [0.1, 0.15) is 12.8 Å². The van der Waals surface area contributed by atoms with Crippen LogP contribution in [0.2, 0.25) is 0 Å². The average Bonchev–Trinajstić information content (AvgIpc) is 3.52. The minimum Gasteiger partial charge on any atom is -0.481 e. The highest BCUT2D eigenvalue weighted by atomic mass is 127. The van der Waals surface area contributed by atoms with E-state index in [2.05, 4.69) is 5.32 Å². The Labute approximate surface area is 535 Å². The van der Waals surface area contributed by atoms with Crippen LogP contribution in [0.3, 0.4) is 0 Å². The van der Waals surface area contributed by atoms with Gasteiger partial charge in [-0.25, -0.2) is 0 Å². The average molecular weight is 1400 g/mol. The lowest BCUT2D eigenvalue weighted by Crippen LogP contribution is -2.28. The molecule has 0 aromatic heterocycles. The zero-order chi connectivity index (χ0) is 63.9. The molecule has 0 aromatic rings. The van der Waals surface area contributed by atoms with Crippen molar-refractivity contribution in [2.45, 2.75) is 12.8 Å². The molecule has 0 aromatic carbocycles. The van der Waals surface area contributed by atoms with Gasteiger partial charge >= 0.3 is 11.9 Å². The molecule has 0 spiro atoms. The second-order valence-electron chi connectivity index (χ2n) is 17.3. The number of carbonyl (C=O) groups excluding carboxylic acids is 1. The predicted molar refractivity (Wildman–Crippen MR) is 325 cm³/mol. The van der Waals surface area contributed by atoms with Crippen LogP contribution < -0.4 is 11.1 Å². The van der Waals surface area contributed by atoms with Gasteiger partial charge in [0.05, 0.1) is 334 Å². The van der Waals surface area contributed by atoms with Crippen LogP contribution in [0.5, 0.6) is 0 Å². The van der Waals surface area contributed by atoms with Gasteiger partial charge in [-0.1, -0.05) is 22.6 Å². The third-order valence-corrected chi connectivity index (χ3v) is 10.7. The van der Waals surface area contributed by atoms with Crippen LogP contribution in [0.25, 0.3) is 0 Å². The Bertz CT molecular complexity index is 1350. The van der Waals surface area contributed by atoms with E-state index in [1.165, 1.54) is 0 Å². The van der Waals surface area contributed by atoms with E-state index >= 15 is 0 Å². The Morgan fingerprint density at radius 1 is 0.239 bits per heavy atom. The number of amides is 1. The zero-order valence-electron chi connectivity index (χ0n) is 52.3. The van der Waals surface area contributed by atoms with Crippen LogP contribution in [0.15, 0.2) is 0 Å². The number of halogens is 1. The lowest BCUT2D eigenvalue weighted by molar-refractivity contribution is -0.139. The van der Waals surface area contributed by atoms with Gasteiger partial charge in [0.15, 0.2) is 0 Å². The molecule has 88 heavy (non-hydrogen) atoms. The van der Waals surface area contributed by atoms with Gasteiger partial charge in [-0.3, -0.25) is 14.4 Å². The van der Waals surface area contributed by atoms with Gasteiger partial charge in [0.2, 0.25) is 5.91 Å². The van der Waals surface area contributed by atoms with E-state index < -0.39 is 11.9 Å². The van der Waals surface area contributed by atoms with Crippen molar-refractivity contribution in [1.82, 2.24) is 5.32 Å². The fourth-order valence-electron chi connectivity index (χ4n) is 5.75. The molecule has 5 N–H and O–H groups in total. The molecule has 32 heteroatoms. The largest absolute Gasteiger partial charge is 0.481 e. The first-order valence-corrected chi connectivity index (χ1v) is 31.8. The number of ether oxygens (including phenoxy) is 24. The molecule has 0 aliphatic rings. The highest BCUT2D eigenvalue weighted by molar-refractivity contribution is 14.1. The molecule has 0 atom stereocenters. The van der Waals surface area contributed by atoms with Crippen molar-refractivity contribution in [3.8, 4) is 0 Å². The summed E-state index contributed by atoms with van der Waals surface area (Å²) in [5.74, 6) is -1.74. The molecule has 0 fully saturated rings. The van der Waals surface area contributed by atoms with Crippen molar-refractivity contribution in [3.63, 3.8) is 0 Å². The number of carboxylic acid groups (broad SMARTS) is 2. The maximum atomic E-state index is 11.1. The minimum absolute atomic E-state index is 0.00219. The smallest absolute Gasteiger partial charge is 0.305 e. The van der Waals surface area contributed by atoms with E-state index in [9.17, 15) is 14.4 Å². The molecule has 0 radical (unpaired) electrons. The summed E-state index contributed by atoms with van der Waals surface area (Å²) < 4.78 is 130. The summed E-state index contributed by atoms with van der Waals surface area (Å²) in [6.45, 7) is 23.6. The molecule has 526 valence electrons. The first kappa shape index (κ1) is 88.2. The zero-order valence-corrected chi connectivity index (χ0v) is 54.5. The Kier molecular flexibility index (Phi) is 83.3. The lowest BCUT2D eigenvalue weighted by atomic mass is 10.5. The second-order valence-corrected chi connectivity index (χ2v) is 18.0. The number of hydrogen-bond acceptors (Lipinski definition) is 28. The van der Waals surface area contributed by atoms with Crippen molar-refractivity contribution in [3.05, 3.63) is 0 Å². The minimum atomic E-state index is -0.877. The Morgan fingerprint density at radius 2 is 0.375 bits per heavy atom. The summed E-state index contributed by atoms with van der Waals surface area (Å²) in [5.41, 5.74) is 5.32. The van der Waals surface area contributed by atoms with Crippen LogP contribution >= 0.6 is 22.6 Å². The van der Waals surface area contributed by atoms with Gasteiger partial charge in [0, 0.05) is 13.1 Å². The molecule has 0 aliphatic heterocycles. The Morgan fingerprint density at radius 3 is 0.511 bits per heavy atom. The maximum absolute atomic E-state index is 11.1. The van der Waals surface area contributed by atoms with E-state index in [4.69, 9.17) is 130 Å². The molecule has 0 rings (SSSR count). The molecule has 1 amide bonds. The Hall–Kier alpha value is -1.86. The standard InChI is InChI=1S/C29H56INO15.C27H55NO14/c30-27-28(32)31-2-4-36-6-8-38-10-12-40-14-16-42-18-20-44-22-24-46-26-25-45-23-21-43-19-17-41-15-13-39-11-9-37-7-5-35-3-1-29(33)34;28-2-4-32-6-8-34-10-12-36-14-16-38-18-20-40-22-24-42-26-25-41-23-21-39-19-17-37-15-13-35-11-9-33-7-5-31-3-1-27(29)30/h1-27H2,(H,31,32)(H,33,34);1-26,28H2,(H,29,30). The number of carbonyl (C=O) groups is 3. The quantitative estimate of drug-likeness (QED) is 0.0349. The number of nitrogens with two attached hydrogens (primary N) is 1. The molecule has 0 unspecified atom stereocenters. The SMILES string of the molecule is NCCOCCOCCOCCOCCOCCOCCOCCOCCOCCOCCOCCOCCC(=O)O.O=C(O)CCOCCOCCOCCOCCOCCOCCOCCOCCOCCOCCOCCOCCNC(=O)CI. The van der Waals surface area contributed by atoms with Crippen molar-refractivity contribution in [2.75, 3.05) is 335 Å². The van der Waals surface area contributed by atoms with Crippen LogP contribution in [-0.4, -0.2) is 363 Å². The van der Waals surface area contributed by atoms with Gasteiger partial charge in [-0.05, 0) is 0 Å². The highest BCUT2D eigenvalue weighted by Crippen LogP contribution is 1.92. The number of alkyl halides is 1. The maximum Gasteiger partial charge on any atom is 0.305 e. The third-order valence-electron chi connectivity index (χ3n) is 10.1. The number of carboxylic acids is 2. The number of nitrogens with one attached hydrogen (secondary N) is 1. The Balaban J connectivity index is 0. The molecule has 31 nitrogen and oxygen atoms in total. The molecule has 0 bridgehead atoms. The van der Waals surface area contributed by atoms with Gasteiger partial charge in [0.1, 0.15) is 0 Å². The van der Waals surface area contributed by atoms with Crippen LogP contribution in [-0.2, 0) is 128 Å². The molecule has 0 heterocycles. The van der Waals surface area contributed by atoms with E-state index in [0.717, 1.165) is 0 Å². The van der Waals surface area contributed by atoms with Crippen molar-refractivity contribution >= 4 is 40.4 Å². The summed E-state index contributed by atoms with van der Waals surface area (Å²) >= 11 is 2.01. The normalized spacial score (nSPS) is 11.4. The first-order chi connectivity index (χ1) is 43.4. The van der Waals surface area contributed by atoms with Crippen molar-refractivity contribution < 1.29 is 138 Å². The van der Waals surface area contributed by atoms with Crippen LogP contribution in [0, 0.1) is 0 Å². The fourth-order valence-corrected chi connectivity index (χ4v) is 6.02. The van der Waals surface area contributed by atoms with Gasteiger partial charge in [-0.15, -0.1) is 0 Å². The topological polar surface area (TPSA) is 351 Å². The first-order valence-electron chi connectivity index (χ1n) is 30.3. The number of hydrogen-bond donors (Lipinski definition) is 4. The monoisotopic (exact) mass is 1400 g/mol.